The largest absolute Gasteiger partial charge is 0.312 e. The summed E-state index contributed by atoms with van der Waals surface area (Å²) < 4.78 is 50.8. The van der Waals surface area contributed by atoms with Gasteiger partial charge < -0.3 is 9.80 Å². The van der Waals surface area contributed by atoms with Gasteiger partial charge in [0, 0.05) is 44.9 Å². The van der Waals surface area contributed by atoms with Gasteiger partial charge >= 0.3 is 0 Å². The topological polar surface area (TPSA) is 124 Å². The zero-order valence-corrected chi connectivity index (χ0v) is 29.4. The fourth-order valence-corrected chi connectivity index (χ4v) is 9.13. The summed E-state index contributed by atoms with van der Waals surface area (Å²) >= 11 is 24.4. The number of anilines is 2. The molecule has 3 heterocycles. The van der Waals surface area contributed by atoms with Gasteiger partial charge in [0.15, 0.2) is 0 Å². The van der Waals surface area contributed by atoms with Gasteiger partial charge in [0.25, 0.3) is 11.8 Å². The Balaban J connectivity index is 0.000000182. The molecule has 0 aromatic heterocycles. The molecule has 6 rings (SSSR count). The second-order valence-corrected chi connectivity index (χ2v) is 17.4. The van der Waals surface area contributed by atoms with E-state index in [1.165, 1.54) is 51.5 Å². The van der Waals surface area contributed by atoms with Crippen molar-refractivity contribution in [1.82, 2.24) is 9.03 Å². The van der Waals surface area contributed by atoms with Gasteiger partial charge in [0.2, 0.25) is 28.7 Å². The summed E-state index contributed by atoms with van der Waals surface area (Å²) in [7, 11) is -4.25. The first-order valence-corrected chi connectivity index (χ1v) is 18.6. The first kappa shape index (κ1) is 34.9. The lowest BCUT2D eigenvalue weighted by Crippen LogP contribution is -2.35. The maximum absolute atomic E-state index is 12.7. The molecule has 0 bridgehead atoms. The number of carbonyl (C=O) groups excluding carboxylic acids is 2. The number of benzene rings is 3. The van der Waals surface area contributed by atoms with E-state index in [0.29, 0.717) is 30.0 Å². The maximum Gasteiger partial charge on any atom is 0.267 e. The smallest absolute Gasteiger partial charge is 0.267 e. The lowest BCUT2D eigenvalue weighted by Gasteiger charge is -2.26. The normalized spacial score (nSPS) is 19.0. The number of alkyl halides is 4. The van der Waals surface area contributed by atoms with Crippen molar-refractivity contribution in [3.63, 3.8) is 0 Å². The van der Waals surface area contributed by atoms with Crippen LogP contribution in [0.2, 0.25) is 0 Å². The van der Waals surface area contributed by atoms with Crippen molar-refractivity contribution in [1.29, 1.82) is 0 Å². The number of amides is 2. The number of nitrogens with zero attached hydrogens (tertiary/aromatic N) is 3. The van der Waals surface area contributed by atoms with E-state index >= 15 is 0 Å². The Morgan fingerprint density at radius 1 is 0.696 bits per heavy atom. The van der Waals surface area contributed by atoms with Crippen molar-refractivity contribution in [2.75, 3.05) is 37.0 Å². The number of piperidine rings is 1. The number of rotatable bonds is 6. The van der Waals surface area contributed by atoms with E-state index in [0.717, 1.165) is 24.8 Å². The number of fused-ring (bicyclic) bond motifs is 2. The first-order valence-electron chi connectivity index (χ1n) is 14.1. The maximum atomic E-state index is 12.7. The molecule has 0 spiro atoms. The Hall–Kier alpha value is -2.42. The molecule has 3 aliphatic heterocycles. The number of sulfonamides is 2. The van der Waals surface area contributed by atoms with Crippen LogP contribution in [0.15, 0.2) is 76.5 Å². The van der Waals surface area contributed by atoms with Gasteiger partial charge in [-0.2, -0.15) is 4.31 Å². The molecule has 246 valence electrons. The van der Waals surface area contributed by atoms with Crippen molar-refractivity contribution < 1.29 is 26.4 Å². The van der Waals surface area contributed by atoms with Crippen LogP contribution in [0.3, 0.4) is 0 Å². The number of halogens is 4. The zero-order chi connectivity index (χ0) is 33.7. The molecule has 16 heteroatoms. The molecule has 1 fully saturated rings. The molecular formula is C30H30Cl4N4O6S2. The third kappa shape index (κ3) is 6.38. The molecule has 0 radical (unpaired) electrons. The first-order chi connectivity index (χ1) is 21.5. The van der Waals surface area contributed by atoms with E-state index in [1.54, 1.807) is 13.1 Å². The summed E-state index contributed by atoms with van der Waals surface area (Å²) in [5.41, 5.74) is 2.45. The molecular weight excluding hydrogens is 718 g/mol. The number of likely N-dealkylation sites (N-methyl/N-ethyl adjacent to an activating group) is 2. The summed E-state index contributed by atoms with van der Waals surface area (Å²) in [5, 5.41) is 0. The third-order valence-corrected chi connectivity index (χ3v) is 12.8. The van der Waals surface area contributed by atoms with E-state index in [4.69, 9.17) is 46.4 Å². The minimum atomic E-state index is -3.76. The second kappa shape index (κ2) is 12.9. The van der Waals surface area contributed by atoms with E-state index in [9.17, 15) is 26.4 Å². The second-order valence-electron chi connectivity index (χ2n) is 11.0. The Morgan fingerprint density at radius 3 is 1.70 bits per heavy atom. The monoisotopic (exact) mass is 746 g/mol. The van der Waals surface area contributed by atoms with Crippen molar-refractivity contribution in [2.45, 2.75) is 44.3 Å². The minimum Gasteiger partial charge on any atom is -0.312 e. The summed E-state index contributed by atoms with van der Waals surface area (Å²) in [5.74, 6) is -0.981. The van der Waals surface area contributed by atoms with Crippen LogP contribution in [0.5, 0.6) is 0 Å². The van der Waals surface area contributed by atoms with Crippen LogP contribution in [0, 0.1) is 0 Å². The number of hydrogen-bond acceptors (Lipinski definition) is 6. The summed E-state index contributed by atoms with van der Waals surface area (Å²) in [6.45, 7) is 1.20. The Morgan fingerprint density at radius 2 is 1.17 bits per heavy atom. The fraction of sp³-hybridized carbons (Fsp3) is 0.333. The molecule has 3 aromatic rings. The minimum absolute atomic E-state index is 0.00551. The van der Waals surface area contributed by atoms with Gasteiger partial charge in [0.1, 0.15) is 0 Å². The average Bonchev–Trinajstić information content (AvgIpc) is 3.34. The lowest BCUT2D eigenvalue weighted by atomic mass is 10.1. The van der Waals surface area contributed by atoms with Crippen LogP contribution in [-0.2, 0) is 44.8 Å². The number of carbonyl (C=O) groups is 2. The molecule has 0 unspecified atom stereocenters. The SMILES string of the molecule is CN1C(=O)C(Cl)(Cl)c2cc(S(=O)(=O)N3CCCCC3)ccc21.CN1C(=O)C(Cl)(Cl)c2cc(S(=O)(=O)NCc3ccccc3)ccc21. The molecule has 1 N–H and O–H groups in total. The number of hydrogen-bond donors (Lipinski definition) is 1. The van der Waals surface area contributed by atoms with Gasteiger partial charge in [0.05, 0.1) is 21.2 Å². The predicted octanol–water partition coefficient (Wildman–Crippen LogP) is 5.24. The highest BCUT2D eigenvalue weighted by atomic mass is 35.5. The molecule has 46 heavy (non-hydrogen) atoms. The predicted molar refractivity (Wildman–Crippen MR) is 180 cm³/mol. The quantitative estimate of drug-likeness (QED) is 0.344. The molecule has 1 saturated heterocycles. The van der Waals surface area contributed by atoms with Crippen LogP contribution in [0.25, 0.3) is 0 Å². The molecule has 3 aliphatic rings. The molecule has 10 nitrogen and oxygen atoms in total. The Bertz CT molecular complexity index is 1900. The highest BCUT2D eigenvalue weighted by Gasteiger charge is 2.49. The molecule has 0 aliphatic carbocycles. The van der Waals surface area contributed by atoms with Crippen LogP contribution in [0.4, 0.5) is 11.4 Å². The summed E-state index contributed by atoms with van der Waals surface area (Å²) in [6.07, 6.45) is 2.77. The molecule has 2 amide bonds. The van der Waals surface area contributed by atoms with Crippen molar-refractivity contribution in [3.05, 3.63) is 83.4 Å². The van der Waals surface area contributed by atoms with Gasteiger partial charge in [-0.3, -0.25) is 9.59 Å². The number of nitrogens with one attached hydrogen (secondary N) is 1. The lowest BCUT2D eigenvalue weighted by molar-refractivity contribution is -0.119. The van der Waals surface area contributed by atoms with Gasteiger partial charge in [-0.1, -0.05) is 83.2 Å². The van der Waals surface area contributed by atoms with E-state index in [2.05, 4.69) is 4.72 Å². The van der Waals surface area contributed by atoms with Crippen LogP contribution in [-0.4, -0.2) is 60.1 Å². The third-order valence-electron chi connectivity index (χ3n) is 8.05. The molecule has 3 aromatic carbocycles. The fourth-order valence-electron chi connectivity index (χ4n) is 5.43. The molecule has 0 atom stereocenters. The van der Waals surface area contributed by atoms with E-state index in [-0.39, 0.29) is 21.9 Å². The van der Waals surface area contributed by atoms with Crippen molar-refractivity contribution in [3.8, 4) is 0 Å². The van der Waals surface area contributed by atoms with Crippen molar-refractivity contribution >= 4 is 89.6 Å². The zero-order valence-electron chi connectivity index (χ0n) is 24.7. The van der Waals surface area contributed by atoms with Crippen LogP contribution < -0.4 is 14.5 Å². The highest BCUT2D eigenvalue weighted by Crippen LogP contribution is 2.49. The highest BCUT2D eigenvalue weighted by molar-refractivity contribution is 7.89. The standard InChI is InChI=1S/C16H14Cl2N2O3S.C14H16Cl2N2O3S/c1-20-14-8-7-12(9-13(14)16(17,18)15(20)21)24(22,23)19-10-11-5-3-2-4-6-11;1-17-12-6-5-10(9-11(12)14(15,16)13(17)19)22(20,21)18-7-3-2-4-8-18/h2-9,19H,10H2,1H3;5-6,9H,2-4,7-8H2,1H3. The van der Waals surface area contributed by atoms with Gasteiger partial charge in [-0.15, -0.1) is 0 Å². The van der Waals surface area contributed by atoms with E-state index in [1.807, 2.05) is 30.3 Å². The summed E-state index contributed by atoms with van der Waals surface area (Å²) in [4.78, 5) is 26.9. The van der Waals surface area contributed by atoms with Crippen LogP contribution in [0.1, 0.15) is 36.0 Å². The van der Waals surface area contributed by atoms with Gasteiger partial charge in [-0.25, -0.2) is 21.6 Å². The van der Waals surface area contributed by atoms with Gasteiger partial charge in [-0.05, 0) is 54.8 Å². The van der Waals surface area contributed by atoms with Crippen LogP contribution >= 0.6 is 46.4 Å². The van der Waals surface area contributed by atoms with Crippen molar-refractivity contribution in [2.24, 2.45) is 0 Å². The average molecular weight is 749 g/mol. The summed E-state index contributed by atoms with van der Waals surface area (Å²) in [6, 6.07) is 17.9. The Labute approximate surface area is 288 Å². The Kier molecular flexibility index (Phi) is 9.78. The van der Waals surface area contributed by atoms with E-state index < -0.39 is 40.5 Å². The molecule has 0 saturated carbocycles.